The van der Waals surface area contributed by atoms with Gasteiger partial charge in [-0.2, -0.15) is 0 Å². The largest absolute Gasteiger partial charge is 0.495 e. The van der Waals surface area contributed by atoms with Gasteiger partial charge in [-0.1, -0.05) is 29.8 Å². The number of hydrogen-bond donors (Lipinski definition) is 2. The fourth-order valence-corrected chi connectivity index (χ4v) is 4.24. The van der Waals surface area contributed by atoms with Crippen molar-refractivity contribution in [2.45, 2.75) is 13.0 Å². The van der Waals surface area contributed by atoms with Crippen molar-refractivity contribution in [1.29, 1.82) is 0 Å². The molecular formula is C21H24ClN3O5S. The highest BCUT2D eigenvalue weighted by atomic mass is 35.5. The first kappa shape index (κ1) is 24.2. The highest BCUT2D eigenvalue weighted by Gasteiger charge is 2.32. The number of methoxy groups -OCH3 is 1. The summed E-state index contributed by atoms with van der Waals surface area (Å²) in [7, 11) is -2.51. The topological polar surface area (TPSA) is 105 Å². The van der Waals surface area contributed by atoms with E-state index in [-0.39, 0.29) is 34.3 Å². The number of benzene rings is 2. The van der Waals surface area contributed by atoms with Gasteiger partial charge in [0.05, 0.1) is 30.3 Å². The lowest BCUT2D eigenvalue weighted by atomic mass is 10.1. The van der Waals surface area contributed by atoms with Crippen LogP contribution >= 0.6 is 11.6 Å². The molecule has 2 rings (SSSR count). The number of para-hydroxylation sites is 1. The molecule has 2 aromatic carbocycles. The number of sulfonamides is 1. The Labute approximate surface area is 186 Å². The van der Waals surface area contributed by atoms with E-state index in [1.54, 1.807) is 30.3 Å². The van der Waals surface area contributed by atoms with E-state index in [9.17, 15) is 18.0 Å². The van der Waals surface area contributed by atoms with Gasteiger partial charge in [0.1, 0.15) is 11.8 Å². The molecule has 166 valence electrons. The molecule has 0 fully saturated rings. The van der Waals surface area contributed by atoms with E-state index in [1.807, 2.05) is 0 Å². The minimum atomic E-state index is -3.90. The van der Waals surface area contributed by atoms with E-state index in [2.05, 4.69) is 17.2 Å². The average Bonchev–Trinajstić information content (AvgIpc) is 2.71. The summed E-state index contributed by atoms with van der Waals surface area (Å²) in [5.74, 6) is -0.810. The second kappa shape index (κ2) is 10.3. The van der Waals surface area contributed by atoms with E-state index < -0.39 is 27.9 Å². The average molecular weight is 466 g/mol. The van der Waals surface area contributed by atoms with Crippen molar-refractivity contribution >= 4 is 44.8 Å². The maximum absolute atomic E-state index is 13.0. The van der Waals surface area contributed by atoms with Gasteiger partial charge in [0, 0.05) is 11.6 Å². The Morgan fingerprint density at radius 3 is 2.55 bits per heavy atom. The number of nitrogens with zero attached hydrogens (tertiary/aromatic N) is 1. The molecule has 0 unspecified atom stereocenters. The maximum atomic E-state index is 13.0. The molecule has 1 atom stereocenters. The highest BCUT2D eigenvalue weighted by molar-refractivity contribution is 7.92. The van der Waals surface area contributed by atoms with Crippen molar-refractivity contribution in [3.63, 3.8) is 0 Å². The molecule has 8 nitrogen and oxygen atoms in total. The first-order chi connectivity index (χ1) is 14.6. The van der Waals surface area contributed by atoms with Crippen molar-refractivity contribution < 1.29 is 22.7 Å². The van der Waals surface area contributed by atoms with Crippen LogP contribution in [-0.4, -0.2) is 46.2 Å². The molecule has 0 radical (unpaired) electrons. The summed E-state index contributed by atoms with van der Waals surface area (Å²) < 4.78 is 31.3. The SMILES string of the molecule is C=CCNC(=O)c1ccccc1NC(=O)[C@@H](C)N(c1cc(Cl)ccc1OC)S(C)(=O)=O. The normalized spacial score (nSPS) is 11.9. The van der Waals surface area contributed by atoms with Gasteiger partial charge in [0.2, 0.25) is 15.9 Å². The lowest BCUT2D eigenvalue weighted by Crippen LogP contribution is -2.45. The van der Waals surface area contributed by atoms with Gasteiger partial charge in [0.15, 0.2) is 0 Å². The van der Waals surface area contributed by atoms with Gasteiger partial charge in [-0.3, -0.25) is 13.9 Å². The first-order valence-corrected chi connectivity index (χ1v) is 11.4. The zero-order chi connectivity index (χ0) is 23.2. The third-order valence-electron chi connectivity index (χ3n) is 4.30. The number of amides is 2. The molecule has 0 aliphatic rings. The number of nitrogens with one attached hydrogen (secondary N) is 2. The molecule has 10 heteroatoms. The smallest absolute Gasteiger partial charge is 0.253 e. The van der Waals surface area contributed by atoms with Crippen molar-refractivity contribution in [2.24, 2.45) is 0 Å². The summed E-state index contributed by atoms with van der Waals surface area (Å²) in [6.07, 6.45) is 2.51. The zero-order valence-corrected chi connectivity index (χ0v) is 19.0. The van der Waals surface area contributed by atoms with Gasteiger partial charge in [-0.15, -0.1) is 6.58 Å². The van der Waals surface area contributed by atoms with E-state index >= 15 is 0 Å². The Bertz CT molecular complexity index is 1090. The predicted molar refractivity (Wildman–Crippen MR) is 122 cm³/mol. The van der Waals surface area contributed by atoms with Gasteiger partial charge in [-0.25, -0.2) is 8.42 Å². The second-order valence-electron chi connectivity index (χ2n) is 6.58. The standard InChI is InChI=1S/C21H24ClN3O5S/c1-5-12-23-21(27)16-8-6-7-9-17(16)24-20(26)14(2)25(31(4,28)29)18-13-15(22)10-11-19(18)30-3/h5-11,13-14H,1,12H2,2-4H3,(H,23,27)(H,24,26)/t14-/m1/s1. The zero-order valence-electron chi connectivity index (χ0n) is 17.4. The Morgan fingerprint density at radius 2 is 1.94 bits per heavy atom. The molecule has 2 N–H and O–H groups in total. The van der Waals surface area contributed by atoms with Crippen molar-refractivity contribution in [2.75, 3.05) is 29.5 Å². The van der Waals surface area contributed by atoms with Crippen molar-refractivity contribution in [3.05, 3.63) is 65.7 Å². The summed E-state index contributed by atoms with van der Waals surface area (Å²) >= 11 is 6.05. The summed E-state index contributed by atoms with van der Waals surface area (Å²) in [6.45, 7) is 5.23. The lowest BCUT2D eigenvalue weighted by molar-refractivity contribution is -0.116. The Kier molecular flexibility index (Phi) is 8.07. The molecule has 0 bridgehead atoms. The minimum absolute atomic E-state index is 0.122. The molecule has 2 aromatic rings. The number of ether oxygens (including phenoxy) is 1. The number of halogens is 1. The Balaban J connectivity index is 2.40. The van der Waals surface area contributed by atoms with Crippen LogP contribution in [0, 0.1) is 0 Å². The molecule has 31 heavy (non-hydrogen) atoms. The third kappa shape index (κ3) is 5.99. The van der Waals surface area contributed by atoms with Crippen LogP contribution in [0.1, 0.15) is 17.3 Å². The van der Waals surface area contributed by atoms with E-state index in [0.717, 1.165) is 10.6 Å². The number of carbonyl (C=O) groups excluding carboxylic acids is 2. The van der Waals surface area contributed by atoms with Crippen LogP contribution in [0.4, 0.5) is 11.4 Å². The molecule has 0 saturated carbocycles. The summed E-state index contributed by atoms with van der Waals surface area (Å²) in [5, 5.41) is 5.56. The number of anilines is 2. The molecule has 0 heterocycles. The summed E-state index contributed by atoms with van der Waals surface area (Å²) in [4.78, 5) is 25.4. The van der Waals surface area contributed by atoms with Crippen molar-refractivity contribution in [3.8, 4) is 5.75 Å². The predicted octanol–water partition coefficient (Wildman–Crippen LogP) is 3.06. The molecule has 0 saturated heterocycles. The van der Waals surface area contributed by atoms with Gasteiger partial charge < -0.3 is 15.4 Å². The number of hydrogen-bond acceptors (Lipinski definition) is 5. The van der Waals surface area contributed by atoms with Crippen LogP contribution in [0.2, 0.25) is 5.02 Å². The maximum Gasteiger partial charge on any atom is 0.253 e. The summed E-state index contributed by atoms with van der Waals surface area (Å²) in [6, 6.07) is 9.70. The fraction of sp³-hybridized carbons (Fsp3) is 0.238. The van der Waals surface area contributed by atoms with Crippen LogP contribution < -0.4 is 19.7 Å². The van der Waals surface area contributed by atoms with Crippen LogP contribution in [0.5, 0.6) is 5.75 Å². The summed E-state index contributed by atoms with van der Waals surface area (Å²) in [5.41, 5.74) is 0.598. The fourth-order valence-electron chi connectivity index (χ4n) is 2.90. The molecule has 0 spiro atoms. The first-order valence-electron chi connectivity index (χ1n) is 9.22. The Morgan fingerprint density at radius 1 is 1.26 bits per heavy atom. The molecule has 0 aromatic heterocycles. The van der Waals surface area contributed by atoms with Crippen LogP contribution in [-0.2, 0) is 14.8 Å². The molecular weight excluding hydrogens is 442 g/mol. The van der Waals surface area contributed by atoms with Gasteiger partial charge >= 0.3 is 0 Å². The van der Waals surface area contributed by atoms with Crippen LogP contribution in [0.3, 0.4) is 0 Å². The quantitative estimate of drug-likeness (QED) is 0.554. The van der Waals surface area contributed by atoms with E-state index in [0.29, 0.717) is 0 Å². The number of rotatable bonds is 9. The monoisotopic (exact) mass is 465 g/mol. The van der Waals surface area contributed by atoms with E-state index in [4.69, 9.17) is 16.3 Å². The minimum Gasteiger partial charge on any atom is -0.495 e. The van der Waals surface area contributed by atoms with Gasteiger partial charge in [-0.05, 0) is 37.3 Å². The van der Waals surface area contributed by atoms with Gasteiger partial charge in [0.25, 0.3) is 5.91 Å². The number of carbonyl (C=O) groups is 2. The van der Waals surface area contributed by atoms with Crippen LogP contribution in [0.25, 0.3) is 0 Å². The molecule has 0 aliphatic heterocycles. The van der Waals surface area contributed by atoms with E-state index in [1.165, 1.54) is 32.2 Å². The highest BCUT2D eigenvalue weighted by Crippen LogP contribution is 2.34. The Hall–Kier alpha value is -3.04. The third-order valence-corrected chi connectivity index (χ3v) is 5.77. The lowest BCUT2D eigenvalue weighted by Gasteiger charge is -2.29. The molecule has 2 amide bonds. The second-order valence-corrected chi connectivity index (χ2v) is 8.88. The van der Waals surface area contributed by atoms with Crippen molar-refractivity contribution in [1.82, 2.24) is 5.32 Å². The van der Waals surface area contributed by atoms with Crippen LogP contribution in [0.15, 0.2) is 55.1 Å². The molecule has 0 aliphatic carbocycles.